The van der Waals surface area contributed by atoms with E-state index in [1.54, 1.807) is 57.3 Å². The Morgan fingerprint density at radius 2 is 2.05 bits per heavy atom. The Bertz CT molecular complexity index is 1670. The molecule has 1 amide bonds. The molecule has 1 aromatic carbocycles. The van der Waals surface area contributed by atoms with E-state index in [0.29, 0.717) is 35.5 Å². The summed E-state index contributed by atoms with van der Waals surface area (Å²) in [6.07, 6.45) is 9.39. The Morgan fingerprint density at radius 3 is 2.65 bits per heavy atom. The minimum atomic E-state index is -0.355. The maximum atomic E-state index is 15.3. The normalized spacial score (nSPS) is 17.2. The summed E-state index contributed by atoms with van der Waals surface area (Å²) in [6, 6.07) is 6.67. The van der Waals surface area contributed by atoms with Crippen LogP contribution in [0.4, 0.5) is 10.1 Å². The monoisotopic (exact) mass is 585 g/mol. The zero-order chi connectivity index (χ0) is 31.0. The number of fused-ring (bicyclic) bond motifs is 1. The molecule has 3 aromatic rings. The van der Waals surface area contributed by atoms with Crippen molar-refractivity contribution in [1.82, 2.24) is 19.4 Å². The number of methoxy groups -OCH3 is 1. The van der Waals surface area contributed by atoms with Gasteiger partial charge in [0, 0.05) is 75.1 Å². The summed E-state index contributed by atoms with van der Waals surface area (Å²) in [4.78, 5) is 34.1. The lowest BCUT2D eigenvalue weighted by Gasteiger charge is -2.35. The molecule has 1 N–H and O–H groups in total. The highest BCUT2D eigenvalue weighted by molar-refractivity contribution is 5.94. The fourth-order valence-electron chi connectivity index (χ4n) is 6.45. The van der Waals surface area contributed by atoms with Gasteiger partial charge in [0.1, 0.15) is 5.82 Å². The minimum Gasteiger partial charge on any atom is -0.493 e. The second-order valence-corrected chi connectivity index (χ2v) is 11.4. The molecule has 2 atom stereocenters. The maximum absolute atomic E-state index is 15.3. The van der Waals surface area contributed by atoms with Crippen molar-refractivity contribution < 1.29 is 13.9 Å². The van der Waals surface area contributed by atoms with Crippen molar-refractivity contribution in [2.24, 2.45) is 0 Å². The highest BCUT2D eigenvalue weighted by Crippen LogP contribution is 2.43. The van der Waals surface area contributed by atoms with E-state index in [9.17, 15) is 9.59 Å². The third-order valence-corrected chi connectivity index (χ3v) is 8.75. The van der Waals surface area contributed by atoms with Crippen molar-refractivity contribution in [1.29, 1.82) is 0 Å². The lowest BCUT2D eigenvalue weighted by molar-refractivity contribution is 0.0827. The number of benzene rings is 1. The molecule has 2 aromatic heterocycles. The number of nitrogens with one attached hydrogen (secondary N) is 1. The summed E-state index contributed by atoms with van der Waals surface area (Å²) in [5.41, 5.74) is 7.15. The largest absolute Gasteiger partial charge is 0.493 e. The lowest BCUT2D eigenvalue weighted by atomic mass is 9.89. The topological polar surface area (TPSA) is 79.7 Å². The number of carbonyl (C=O) groups is 1. The van der Waals surface area contributed by atoms with Crippen molar-refractivity contribution >= 4 is 23.2 Å². The number of nitrogens with zero attached hydrogens (tertiary/aromatic N) is 4. The highest BCUT2D eigenvalue weighted by atomic mass is 19.1. The Morgan fingerprint density at radius 1 is 1.28 bits per heavy atom. The number of aromatic nitrogens is 2. The van der Waals surface area contributed by atoms with Gasteiger partial charge in [0.15, 0.2) is 5.75 Å². The van der Waals surface area contributed by atoms with Crippen LogP contribution in [0.2, 0.25) is 0 Å². The van der Waals surface area contributed by atoms with E-state index in [1.165, 1.54) is 16.5 Å². The molecule has 0 saturated heterocycles. The standard InChI is InChI=1S/C34H40FN5O3/c1-8-24-25(17-26-29(9-12-37-33(24)26)40-19-30(43-7)28(36-4)18-31(40)41)21(3)39-13-10-22(11-14-39)32-20(2)15-23(16-27(32)35)34(42)38(5)6/h9-10,12,15-19,21,24,36H,8,11,13-14H2,1-7H3/t21-,24+/m0/s1. The van der Waals surface area contributed by atoms with Gasteiger partial charge in [0.25, 0.3) is 11.5 Å². The Labute approximate surface area is 252 Å². The first-order valence-corrected chi connectivity index (χ1v) is 14.7. The van der Waals surface area contributed by atoms with Gasteiger partial charge in [0.05, 0.1) is 30.4 Å². The van der Waals surface area contributed by atoms with Gasteiger partial charge in [-0.2, -0.15) is 0 Å². The second kappa shape index (κ2) is 12.2. The van der Waals surface area contributed by atoms with Gasteiger partial charge in [0.2, 0.25) is 0 Å². The Kier molecular flexibility index (Phi) is 8.55. The quantitative estimate of drug-likeness (QED) is 0.376. The van der Waals surface area contributed by atoms with Crippen molar-refractivity contribution in [3.63, 3.8) is 0 Å². The van der Waals surface area contributed by atoms with E-state index in [2.05, 4.69) is 36.2 Å². The number of rotatable bonds is 8. The molecular weight excluding hydrogens is 545 g/mol. The summed E-state index contributed by atoms with van der Waals surface area (Å²) in [7, 11) is 6.68. The van der Waals surface area contributed by atoms with E-state index in [1.807, 2.05) is 13.0 Å². The van der Waals surface area contributed by atoms with Crippen LogP contribution in [0, 0.1) is 12.7 Å². The zero-order valence-corrected chi connectivity index (χ0v) is 26.0. The molecule has 5 rings (SSSR count). The van der Waals surface area contributed by atoms with Crippen molar-refractivity contribution in [3.05, 3.63) is 92.4 Å². The molecule has 0 bridgehead atoms. The molecule has 1 aliphatic heterocycles. The number of amides is 1. The van der Waals surface area contributed by atoms with Crippen LogP contribution < -0.4 is 15.6 Å². The number of pyridine rings is 2. The third kappa shape index (κ3) is 5.49. The third-order valence-electron chi connectivity index (χ3n) is 8.75. The molecule has 3 heterocycles. The van der Waals surface area contributed by atoms with E-state index in [4.69, 9.17) is 9.72 Å². The molecule has 2 aliphatic rings. The number of carbonyl (C=O) groups excluding carboxylic acids is 1. The first-order chi connectivity index (χ1) is 20.6. The number of hydrogen-bond donors (Lipinski definition) is 1. The van der Waals surface area contributed by atoms with Crippen LogP contribution in [0.5, 0.6) is 5.75 Å². The van der Waals surface area contributed by atoms with E-state index in [0.717, 1.165) is 41.0 Å². The number of aryl methyl sites for hydroxylation is 1. The molecule has 8 nitrogen and oxygen atoms in total. The lowest BCUT2D eigenvalue weighted by Crippen LogP contribution is -2.38. The molecule has 0 fully saturated rings. The molecule has 1 aliphatic carbocycles. The molecule has 0 radical (unpaired) electrons. The van der Waals surface area contributed by atoms with Crippen molar-refractivity contribution in [3.8, 4) is 11.4 Å². The van der Waals surface area contributed by atoms with Crippen LogP contribution in [0.25, 0.3) is 17.3 Å². The first kappa shape index (κ1) is 30.2. The molecule has 9 heteroatoms. The Balaban J connectivity index is 1.43. The van der Waals surface area contributed by atoms with Crippen LogP contribution in [-0.4, -0.2) is 72.6 Å². The minimum absolute atomic E-state index is 0.119. The predicted molar refractivity (Wildman–Crippen MR) is 170 cm³/mol. The summed E-state index contributed by atoms with van der Waals surface area (Å²) in [6.45, 7) is 7.70. The second-order valence-electron chi connectivity index (χ2n) is 11.4. The van der Waals surface area contributed by atoms with Gasteiger partial charge in [-0.3, -0.25) is 24.0 Å². The van der Waals surface area contributed by atoms with E-state index < -0.39 is 0 Å². The molecule has 43 heavy (non-hydrogen) atoms. The smallest absolute Gasteiger partial charge is 0.257 e. The summed E-state index contributed by atoms with van der Waals surface area (Å²) >= 11 is 0. The van der Waals surface area contributed by atoms with E-state index >= 15 is 4.39 Å². The van der Waals surface area contributed by atoms with Gasteiger partial charge >= 0.3 is 0 Å². The summed E-state index contributed by atoms with van der Waals surface area (Å²) in [5.74, 6) is 0.146. The van der Waals surface area contributed by atoms with Crippen LogP contribution in [0.15, 0.2) is 53.1 Å². The summed E-state index contributed by atoms with van der Waals surface area (Å²) < 4.78 is 22.4. The van der Waals surface area contributed by atoms with Crippen molar-refractivity contribution in [2.75, 3.05) is 46.7 Å². The maximum Gasteiger partial charge on any atom is 0.257 e. The highest BCUT2D eigenvalue weighted by Gasteiger charge is 2.33. The van der Waals surface area contributed by atoms with Gasteiger partial charge in [-0.15, -0.1) is 0 Å². The molecule has 0 spiro atoms. The van der Waals surface area contributed by atoms with Crippen LogP contribution in [0.3, 0.4) is 0 Å². The van der Waals surface area contributed by atoms with E-state index in [-0.39, 0.29) is 29.2 Å². The number of anilines is 1. The SMILES string of the molecule is CC[C@@H]1C([C@H](C)N2CC=C(c3c(C)cc(C(=O)N(C)C)cc3F)CC2)=Cc2c(-n3cc(OC)c(NC)cc3=O)ccnc21. The Hall–Kier alpha value is -4.24. The summed E-state index contributed by atoms with van der Waals surface area (Å²) in [5, 5.41) is 3.01. The molecule has 0 saturated carbocycles. The van der Waals surface area contributed by atoms with Crippen molar-refractivity contribution in [2.45, 2.75) is 45.6 Å². The average Bonchev–Trinajstić information content (AvgIpc) is 3.39. The number of hydrogen-bond acceptors (Lipinski definition) is 6. The fraction of sp³-hybridized carbons (Fsp3) is 0.382. The molecule has 226 valence electrons. The van der Waals surface area contributed by atoms with Gasteiger partial charge in [-0.05, 0) is 67.7 Å². The van der Waals surface area contributed by atoms with Gasteiger partial charge < -0.3 is 15.0 Å². The van der Waals surface area contributed by atoms with Crippen LogP contribution >= 0.6 is 0 Å². The van der Waals surface area contributed by atoms with Gasteiger partial charge in [-0.25, -0.2) is 4.39 Å². The van der Waals surface area contributed by atoms with Crippen LogP contribution in [-0.2, 0) is 0 Å². The van der Waals surface area contributed by atoms with Gasteiger partial charge in [-0.1, -0.05) is 13.0 Å². The molecular formula is C34H40FN5O3. The number of halogens is 1. The average molecular weight is 586 g/mol. The first-order valence-electron chi connectivity index (χ1n) is 14.7. The van der Waals surface area contributed by atoms with Crippen LogP contribution in [0.1, 0.15) is 65.3 Å². The fourth-order valence-corrected chi connectivity index (χ4v) is 6.45. The molecule has 0 unspecified atom stereocenters. The predicted octanol–water partition coefficient (Wildman–Crippen LogP) is 5.50. The number of ether oxygens (including phenoxy) is 1. The zero-order valence-electron chi connectivity index (χ0n) is 26.0.